The standard InChI is InChI=1S/C11H15N3O4S/c1-8-3-4-10(18-8)6-14(2)19(16,17)11-9(7-15)5-12-13-11/h3-5,15H,6-7H2,1-2H3,(H,12,13). The predicted molar refractivity (Wildman–Crippen MR) is 66.6 cm³/mol. The first kappa shape index (κ1) is 13.8. The van der Waals surface area contributed by atoms with Gasteiger partial charge in [0.1, 0.15) is 11.5 Å². The lowest BCUT2D eigenvalue weighted by molar-refractivity contribution is 0.278. The third-order valence-corrected chi connectivity index (χ3v) is 4.51. The second-order valence-electron chi connectivity index (χ2n) is 4.16. The summed E-state index contributed by atoms with van der Waals surface area (Å²) in [7, 11) is -2.29. The summed E-state index contributed by atoms with van der Waals surface area (Å²) < 4.78 is 31.1. The molecule has 0 aliphatic carbocycles. The van der Waals surface area contributed by atoms with Gasteiger partial charge in [-0.15, -0.1) is 0 Å². The summed E-state index contributed by atoms with van der Waals surface area (Å²) in [6.07, 6.45) is 1.29. The molecule has 2 heterocycles. The van der Waals surface area contributed by atoms with Gasteiger partial charge >= 0.3 is 0 Å². The predicted octanol–water partition coefficient (Wildman–Crippen LogP) is 0.624. The van der Waals surface area contributed by atoms with E-state index in [0.29, 0.717) is 5.76 Å². The highest BCUT2D eigenvalue weighted by atomic mass is 32.2. The van der Waals surface area contributed by atoms with Gasteiger partial charge in [-0.3, -0.25) is 5.10 Å². The second kappa shape index (κ2) is 5.16. The third-order valence-electron chi connectivity index (χ3n) is 2.69. The molecule has 0 unspecified atom stereocenters. The molecule has 2 aromatic heterocycles. The quantitative estimate of drug-likeness (QED) is 0.839. The van der Waals surface area contributed by atoms with Crippen LogP contribution >= 0.6 is 0 Å². The van der Waals surface area contributed by atoms with E-state index in [9.17, 15) is 8.42 Å². The number of aryl methyl sites for hydroxylation is 1. The number of aliphatic hydroxyl groups is 1. The summed E-state index contributed by atoms with van der Waals surface area (Å²) in [6.45, 7) is 1.51. The smallest absolute Gasteiger partial charge is 0.260 e. The monoisotopic (exact) mass is 285 g/mol. The van der Waals surface area contributed by atoms with Gasteiger partial charge in [0.2, 0.25) is 0 Å². The molecule has 2 rings (SSSR count). The molecule has 19 heavy (non-hydrogen) atoms. The number of rotatable bonds is 5. The van der Waals surface area contributed by atoms with Crippen LogP contribution in [-0.4, -0.2) is 35.1 Å². The largest absolute Gasteiger partial charge is 0.465 e. The molecule has 0 bridgehead atoms. The van der Waals surface area contributed by atoms with Gasteiger partial charge in [0, 0.05) is 12.6 Å². The maximum absolute atomic E-state index is 12.3. The van der Waals surface area contributed by atoms with Crippen molar-refractivity contribution in [2.24, 2.45) is 0 Å². The Morgan fingerprint density at radius 3 is 2.79 bits per heavy atom. The molecule has 0 saturated carbocycles. The third kappa shape index (κ3) is 2.70. The highest BCUT2D eigenvalue weighted by molar-refractivity contribution is 7.89. The lowest BCUT2D eigenvalue weighted by Crippen LogP contribution is -2.27. The molecule has 0 amide bonds. The van der Waals surface area contributed by atoms with Crippen molar-refractivity contribution in [2.45, 2.75) is 25.1 Å². The number of aromatic amines is 1. The molecule has 7 nitrogen and oxygen atoms in total. The molecule has 0 aliphatic rings. The van der Waals surface area contributed by atoms with Crippen LogP contribution < -0.4 is 0 Å². The number of nitrogens with one attached hydrogen (secondary N) is 1. The molecule has 0 radical (unpaired) electrons. The molecule has 0 fully saturated rings. The van der Waals surface area contributed by atoms with Gasteiger partial charge in [-0.05, 0) is 19.1 Å². The lowest BCUT2D eigenvalue weighted by Gasteiger charge is -2.15. The highest BCUT2D eigenvalue weighted by Crippen LogP contribution is 2.19. The van der Waals surface area contributed by atoms with Crippen LogP contribution in [0.15, 0.2) is 27.8 Å². The fourth-order valence-electron chi connectivity index (χ4n) is 1.67. The van der Waals surface area contributed by atoms with E-state index in [4.69, 9.17) is 9.52 Å². The number of H-pyrrole nitrogens is 1. The fraction of sp³-hybridized carbons (Fsp3) is 0.364. The second-order valence-corrected chi connectivity index (χ2v) is 6.14. The maximum Gasteiger partial charge on any atom is 0.260 e. The van der Waals surface area contributed by atoms with Gasteiger partial charge < -0.3 is 9.52 Å². The Bertz CT molecular complexity index is 659. The van der Waals surface area contributed by atoms with E-state index in [1.54, 1.807) is 19.1 Å². The Balaban J connectivity index is 2.24. The lowest BCUT2D eigenvalue weighted by atomic mass is 10.4. The molecular formula is C11H15N3O4S. The highest BCUT2D eigenvalue weighted by Gasteiger charge is 2.26. The number of nitrogens with zero attached hydrogens (tertiary/aromatic N) is 2. The summed E-state index contributed by atoms with van der Waals surface area (Å²) in [4.78, 5) is 0. The first-order valence-electron chi connectivity index (χ1n) is 5.60. The van der Waals surface area contributed by atoms with Crippen molar-refractivity contribution in [3.63, 3.8) is 0 Å². The molecular weight excluding hydrogens is 270 g/mol. The van der Waals surface area contributed by atoms with Crippen molar-refractivity contribution in [2.75, 3.05) is 7.05 Å². The Hall–Kier alpha value is -1.64. The average molecular weight is 285 g/mol. The zero-order valence-electron chi connectivity index (χ0n) is 10.6. The van der Waals surface area contributed by atoms with Crippen molar-refractivity contribution >= 4 is 10.0 Å². The minimum atomic E-state index is -3.73. The normalized spacial score (nSPS) is 12.2. The molecule has 8 heteroatoms. The number of hydrogen-bond acceptors (Lipinski definition) is 5. The SMILES string of the molecule is Cc1ccc(CN(C)S(=O)(=O)c2[nH]ncc2CO)o1. The fourth-order valence-corrected chi connectivity index (χ4v) is 2.89. The van der Waals surface area contributed by atoms with Crippen LogP contribution in [0.2, 0.25) is 0 Å². The van der Waals surface area contributed by atoms with Crippen LogP contribution in [-0.2, 0) is 23.2 Å². The number of hydrogen-bond donors (Lipinski definition) is 2. The molecule has 0 spiro atoms. The van der Waals surface area contributed by atoms with E-state index < -0.39 is 16.6 Å². The molecule has 0 atom stereocenters. The number of sulfonamides is 1. The van der Waals surface area contributed by atoms with Crippen LogP contribution in [0.3, 0.4) is 0 Å². The molecule has 104 valence electrons. The van der Waals surface area contributed by atoms with Crippen molar-refractivity contribution in [1.29, 1.82) is 0 Å². The number of furan rings is 1. The first-order chi connectivity index (χ1) is 8.95. The van der Waals surface area contributed by atoms with Crippen molar-refractivity contribution in [1.82, 2.24) is 14.5 Å². The topological polar surface area (TPSA) is 99.4 Å². The van der Waals surface area contributed by atoms with E-state index in [2.05, 4.69) is 10.2 Å². The number of aliphatic hydroxyl groups excluding tert-OH is 1. The summed E-state index contributed by atoms with van der Waals surface area (Å²) in [6, 6.07) is 3.49. The minimum Gasteiger partial charge on any atom is -0.465 e. The van der Waals surface area contributed by atoms with Crippen LogP contribution in [0.25, 0.3) is 0 Å². The summed E-state index contributed by atoms with van der Waals surface area (Å²) in [5.74, 6) is 1.27. The summed E-state index contributed by atoms with van der Waals surface area (Å²) in [5.41, 5.74) is 0.238. The molecule has 0 aliphatic heterocycles. The van der Waals surface area contributed by atoms with Crippen molar-refractivity contribution in [3.05, 3.63) is 35.4 Å². The van der Waals surface area contributed by atoms with Crippen LogP contribution in [0.1, 0.15) is 17.1 Å². The Labute approximate surface area is 110 Å². The molecule has 0 saturated heterocycles. The number of aromatic nitrogens is 2. The van der Waals surface area contributed by atoms with Gasteiger partial charge in [-0.1, -0.05) is 0 Å². The van der Waals surface area contributed by atoms with Gasteiger partial charge in [0.05, 0.1) is 19.3 Å². The molecule has 2 N–H and O–H groups in total. The van der Waals surface area contributed by atoms with Crippen LogP contribution in [0.5, 0.6) is 0 Å². The molecule has 2 aromatic rings. The van der Waals surface area contributed by atoms with E-state index >= 15 is 0 Å². The summed E-state index contributed by atoms with van der Waals surface area (Å²) >= 11 is 0. The Kier molecular flexibility index (Phi) is 3.74. The van der Waals surface area contributed by atoms with E-state index in [0.717, 1.165) is 10.1 Å². The zero-order valence-corrected chi connectivity index (χ0v) is 11.4. The van der Waals surface area contributed by atoms with Crippen LogP contribution in [0.4, 0.5) is 0 Å². The van der Waals surface area contributed by atoms with E-state index in [-0.39, 0.29) is 17.1 Å². The van der Waals surface area contributed by atoms with Crippen LogP contribution in [0, 0.1) is 6.92 Å². The maximum atomic E-state index is 12.3. The van der Waals surface area contributed by atoms with Crippen molar-refractivity contribution < 1.29 is 17.9 Å². The summed E-state index contributed by atoms with van der Waals surface area (Å²) in [5, 5.41) is 15.0. The minimum absolute atomic E-state index is 0.0965. The first-order valence-corrected chi connectivity index (χ1v) is 7.04. The van der Waals surface area contributed by atoms with Crippen molar-refractivity contribution in [3.8, 4) is 0 Å². The van der Waals surface area contributed by atoms with E-state index in [1.165, 1.54) is 13.2 Å². The Morgan fingerprint density at radius 2 is 2.21 bits per heavy atom. The Morgan fingerprint density at radius 1 is 1.47 bits per heavy atom. The van der Waals surface area contributed by atoms with Gasteiger partial charge in [0.25, 0.3) is 10.0 Å². The zero-order chi connectivity index (χ0) is 14.0. The van der Waals surface area contributed by atoms with Gasteiger partial charge in [0.15, 0.2) is 5.03 Å². The van der Waals surface area contributed by atoms with E-state index in [1.807, 2.05) is 0 Å². The average Bonchev–Trinajstić information content (AvgIpc) is 2.97. The van der Waals surface area contributed by atoms with Gasteiger partial charge in [-0.2, -0.15) is 9.40 Å². The van der Waals surface area contributed by atoms with Gasteiger partial charge in [-0.25, -0.2) is 8.42 Å². The molecule has 0 aromatic carbocycles.